The van der Waals surface area contributed by atoms with E-state index >= 15 is 0 Å². The Morgan fingerprint density at radius 1 is 1.08 bits per heavy atom. The van der Waals surface area contributed by atoms with Crippen molar-refractivity contribution in [2.24, 2.45) is 5.10 Å². The number of nitrogens with zero attached hydrogens (tertiary/aromatic N) is 3. The SMILES string of the molecule is C/C(=N\Nc1ccc([N+](=O)[O-])cc1S(=O)(=O)N1CCOCC1)c1ccc2c(c1)Nc1ccccc1S2. The molecule has 0 aromatic heterocycles. The molecule has 1 fully saturated rings. The molecule has 0 radical (unpaired) electrons. The van der Waals surface area contributed by atoms with Crippen molar-refractivity contribution in [3.8, 4) is 0 Å². The lowest BCUT2D eigenvalue weighted by Gasteiger charge is -2.26. The molecule has 3 aromatic rings. The standard InChI is InChI=1S/C24H23N5O5S2/c1-16(17-6-9-23-21(14-17)25-19-4-2-3-5-22(19)35-23)26-27-20-8-7-18(29(30)31)15-24(20)36(32,33)28-10-12-34-13-11-28/h2-9,14-15,25,27H,10-13H2,1H3/b26-16+. The van der Waals surface area contributed by atoms with E-state index in [-0.39, 0.29) is 42.6 Å². The van der Waals surface area contributed by atoms with Gasteiger partial charge in [0.25, 0.3) is 5.69 Å². The van der Waals surface area contributed by atoms with E-state index in [1.54, 1.807) is 18.7 Å². The second kappa shape index (κ2) is 9.90. The van der Waals surface area contributed by atoms with Crippen molar-refractivity contribution in [1.82, 2.24) is 4.31 Å². The molecule has 36 heavy (non-hydrogen) atoms. The highest BCUT2D eigenvalue weighted by atomic mass is 32.2. The van der Waals surface area contributed by atoms with Gasteiger partial charge in [0.15, 0.2) is 0 Å². The van der Waals surface area contributed by atoms with Gasteiger partial charge in [-0.15, -0.1) is 0 Å². The Morgan fingerprint density at radius 3 is 2.61 bits per heavy atom. The fourth-order valence-corrected chi connectivity index (χ4v) is 6.47. The molecule has 2 aliphatic rings. The minimum atomic E-state index is -4.00. The summed E-state index contributed by atoms with van der Waals surface area (Å²) in [4.78, 5) is 12.8. The van der Waals surface area contributed by atoms with Gasteiger partial charge in [-0.05, 0) is 42.8 Å². The largest absolute Gasteiger partial charge is 0.379 e. The number of anilines is 3. The Labute approximate surface area is 212 Å². The molecule has 5 rings (SSSR count). The number of nitro groups is 1. The fourth-order valence-electron chi connectivity index (χ4n) is 3.93. The smallest absolute Gasteiger partial charge is 0.270 e. The van der Waals surface area contributed by atoms with Gasteiger partial charge in [0.2, 0.25) is 10.0 Å². The summed E-state index contributed by atoms with van der Waals surface area (Å²) in [7, 11) is -4.00. The van der Waals surface area contributed by atoms with E-state index in [2.05, 4.69) is 21.9 Å². The minimum absolute atomic E-state index is 0.159. The molecule has 0 atom stereocenters. The highest BCUT2D eigenvalue weighted by molar-refractivity contribution is 7.99. The molecule has 0 saturated carbocycles. The number of non-ortho nitro benzene ring substituents is 1. The number of morpholine rings is 1. The van der Waals surface area contributed by atoms with E-state index in [0.29, 0.717) is 5.71 Å². The fraction of sp³-hybridized carbons (Fsp3) is 0.208. The second-order valence-corrected chi connectivity index (χ2v) is 11.2. The van der Waals surface area contributed by atoms with Crippen molar-refractivity contribution in [2.75, 3.05) is 37.0 Å². The summed E-state index contributed by atoms with van der Waals surface area (Å²) in [5.41, 5.74) is 6.12. The Kier molecular flexibility index (Phi) is 6.67. The number of hydrogen-bond donors (Lipinski definition) is 2. The average Bonchev–Trinajstić information content (AvgIpc) is 2.90. The Balaban J connectivity index is 1.43. The maximum absolute atomic E-state index is 13.3. The summed E-state index contributed by atoms with van der Waals surface area (Å²) in [5.74, 6) is 0. The molecule has 0 spiro atoms. The summed E-state index contributed by atoms with van der Waals surface area (Å²) in [6.07, 6.45) is 0. The van der Waals surface area contributed by atoms with Gasteiger partial charge in [0.05, 0.1) is 40.9 Å². The number of fused-ring (bicyclic) bond motifs is 2. The predicted molar refractivity (Wildman–Crippen MR) is 139 cm³/mol. The number of rotatable bonds is 6. The lowest BCUT2D eigenvalue weighted by Crippen LogP contribution is -2.40. The first-order chi connectivity index (χ1) is 17.3. The van der Waals surface area contributed by atoms with Gasteiger partial charge in [0.1, 0.15) is 4.90 Å². The number of hydrazone groups is 1. The van der Waals surface area contributed by atoms with Gasteiger partial charge >= 0.3 is 0 Å². The third-order valence-corrected chi connectivity index (χ3v) is 8.97. The van der Waals surface area contributed by atoms with Crippen molar-refractivity contribution in [2.45, 2.75) is 21.6 Å². The monoisotopic (exact) mass is 525 g/mol. The molecule has 0 unspecified atom stereocenters. The van der Waals surface area contributed by atoms with Gasteiger partial charge in [0, 0.05) is 35.0 Å². The molecule has 12 heteroatoms. The van der Waals surface area contributed by atoms with E-state index in [9.17, 15) is 18.5 Å². The van der Waals surface area contributed by atoms with Crippen molar-refractivity contribution in [3.05, 3.63) is 76.3 Å². The van der Waals surface area contributed by atoms with Gasteiger partial charge in [-0.1, -0.05) is 30.0 Å². The maximum atomic E-state index is 13.3. The van der Waals surface area contributed by atoms with Crippen LogP contribution in [0.5, 0.6) is 0 Å². The van der Waals surface area contributed by atoms with Crippen LogP contribution in [0.2, 0.25) is 0 Å². The van der Waals surface area contributed by atoms with Crippen molar-refractivity contribution in [1.29, 1.82) is 0 Å². The quantitative estimate of drug-likeness (QED) is 0.211. The topological polar surface area (TPSA) is 126 Å². The van der Waals surface area contributed by atoms with Crippen molar-refractivity contribution >= 4 is 50.2 Å². The van der Waals surface area contributed by atoms with E-state index in [4.69, 9.17) is 4.74 Å². The Bertz CT molecular complexity index is 1470. The third kappa shape index (κ3) is 4.80. The summed E-state index contributed by atoms with van der Waals surface area (Å²) >= 11 is 1.68. The Hall–Kier alpha value is -3.45. The number of para-hydroxylation sites is 1. The van der Waals surface area contributed by atoms with Gasteiger partial charge in [-0.3, -0.25) is 15.5 Å². The zero-order valence-electron chi connectivity index (χ0n) is 19.3. The van der Waals surface area contributed by atoms with Gasteiger partial charge in [-0.2, -0.15) is 9.41 Å². The summed E-state index contributed by atoms with van der Waals surface area (Å²) in [6, 6.07) is 17.7. The number of benzene rings is 3. The number of nitro benzene ring substituents is 1. The normalized spacial score (nSPS) is 16.0. The van der Waals surface area contributed by atoms with Gasteiger partial charge < -0.3 is 10.1 Å². The second-order valence-electron chi connectivity index (χ2n) is 8.20. The molecule has 2 aliphatic heterocycles. The molecule has 2 heterocycles. The molecule has 3 aromatic carbocycles. The predicted octanol–water partition coefficient (Wildman–Crippen LogP) is 4.66. The first-order valence-corrected chi connectivity index (χ1v) is 13.4. The molecular weight excluding hydrogens is 502 g/mol. The number of ether oxygens (including phenoxy) is 1. The zero-order chi connectivity index (χ0) is 25.3. The van der Waals surface area contributed by atoms with Crippen LogP contribution in [0.3, 0.4) is 0 Å². The van der Waals surface area contributed by atoms with Crippen LogP contribution in [0.25, 0.3) is 0 Å². The van der Waals surface area contributed by atoms with E-state index in [1.807, 2.05) is 36.4 Å². The first-order valence-electron chi connectivity index (χ1n) is 11.2. The van der Waals surface area contributed by atoms with Crippen LogP contribution in [-0.2, 0) is 14.8 Å². The van der Waals surface area contributed by atoms with Crippen LogP contribution >= 0.6 is 11.8 Å². The number of nitrogens with one attached hydrogen (secondary N) is 2. The minimum Gasteiger partial charge on any atom is -0.379 e. The Morgan fingerprint density at radius 2 is 1.83 bits per heavy atom. The van der Waals surface area contributed by atoms with Crippen LogP contribution in [0, 0.1) is 10.1 Å². The van der Waals surface area contributed by atoms with Crippen LogP contribution in [0.1, 0.15) is 12.5 Å². The van der Waals surface area contributed by atoms with Crippen LogP contribution < -0.4 is 10.7 Å². The molecule has 0 bridgehead atoms. The number of hydrogen-bond acceptors (Lipinski definition) is 9. The van der Waals surface area contributed by atoms with Crippen LogP contribution in [0.4, 0.5) is 22.7 Å². The molecule has 0 aliphatic carbocycles. The molecule has 10 nitrogen and oxygen atoms in total. The highest BCUT2D eigenvalue weighted by Gasteiger charge is 2.30. The summed E-state index contributed by atoms with van der Waals surface area (Å²) < 4.78 is 33.1. The van der Waals surface area contributed by atoms with Crippen molar-refractivity contribution < 1.29 is 18.1 Å². The van der Waals surface area contributed by atoms with Crippen LogP contribution in [0.15, 0.2) is 80.5 Å². The molecule has 1 saturated heterocycles. The van der Waals surface area contributed by atoms with Gasteiger partial charge in [-0.25, -0.2) is 8.42 Å². The highest BCUT2D eigenvalue weighted by Crippen LogP contribution is 2.44. The van der Waals surface area contributed by atoms with Crippen LogP contribution in [-0.4, -0.2) is 49.7 Å². The van der Waals surface area contributed by atoms with Crippen molar-refractivity contribution in [3.63, 3.8) is 0 Å². The summed E-state index contributed by atoms with van der Waals surface area (Å²) in [6.45, 7) is 2.69. The van der Waals surface area contributed by atoms with E-state index < -0.39 is 14.9 Å². The molecule has 186 valence electrons. The zero-order valence-corrected chi connectivity index (χ0v) is 20.9. The third-order valence-electron chi connectivity index (χ3n) is 5.88. The number of sulfonamides is 1. The average molecular weight is 526 g/mol. The van der Waals surface area contributed by atoms with E-state index in [0.717, 1.165) is 32.8 Å². The summed E-state index contributed by atoms with van der Waals surface area (Å²) in [5, 5.41) is 19.2. The molecule has 0 amide bonds. The first kappa shape index (κ1) is 24.3. The molecular formula is C24H23N5O5S2. The molecule has 2 N–H and O–H groups in total. The lowest BCUT2D eigenvalue weighted by atomic mass is 10.1. The van der Waals surface area contributed by atoms with E-state index in [1.165, 1.54) is 16.4 Å². The lowest BCUT2D eigenvalue weighted by molar-refractivity contribution is -0.385. The maximum Gasteiger partial charge on any atom is 0.270 e.